The lowest BCUT2D eigenvalue weighted by Crippen LogP contribution is -2.16. The van der Waals surface area contributed by atoms with Gasteiger partial charge in [0.1, 0.15) is 0 Å². The molecule has 0 radical (unpaired) electrons. The summed E-state index contributed by atoms with van der Waals surface area (Å²) in [6.45, 7) is 7.78. The van der Waals surface area contributed by atoms with E-state index in [1.807, 2.05) is 26.8 Å². The predicted molar refractivity (Wildman–Crippen MR) is 54.6 cm³/mol. The van der Waals surface area contributed by atoms with Gasteiger partial charge in [-0.2, -0.15) is 0 Å². The molecule has 0 fully saturated rings. The minimum Gasteiger partial charge on any atom is -0.477 e. The quantitative estimate of drug-likeness (QED) is 0.745. The Bertz CT molecular complexity index is 364. The largest absolute Gasteiger partial charge is 0.477 e. The van der Waals surface area contributed by atoms with Crippen LogP contribution in [-0.4, -0.2) is 16.1 Å². The Kier molecular flexibility index (Phi) is 2.60. The summed E-state index contributed by atoms with van der Waals surface area (Å²) in [6, 6.07) is 3.68. The lowest BCUT2D eigenvalue weighted by Gasteiger charge is -2.18. The zero-order valence-electron chi connectivity index (χ0n) is 8.96. The maximum atomic E-state index is 10.8. The molecule has 0 amide bonds. The van der Waals surface area contributed by atoms with E-state index in [0.29, 0.717) is 5.56 Å². The molecule has 1 rings (SSSR count). The highest BCUT2D eigenvalue weighted by Gasteiger charge is 2.18. The molecule has 76 valence electrons. The molecule has 1 aromatic rings. The van der Waals surface area contributed by atoms with Gasteiger partial charge in [-0.1, -0.05) is 26.8 Å². The Balaban J connectivity index is 3.27. The number of carboxylic acid groups (broad SMARTS) is 1. The first-order valence-electron chi connectivity index (χ1n) is 4.54. The van der Waals surface area contributed by atoms with Crippen molar-refractivity contribution in [1.82, 2.24) is 4.98 Å². The second-order valence-corrected chi connectivity index (χ2v) is 4.42. The second-order valence-electron chi connectivity index (χ2n) is 4.42. The number of hydrogen-bond donors (Lipinski definition) is 1. The maximum Gasteiger partial charge on any atom is 0.354 e. The molecule has 1 aromatic heterocycles. The van der Waals surface area contributed by atoms with Crippen molar-refractivity contribution in [3.63, 3.8) is 0 Å². The fourth-order valence-electron chi connectivity index (χ4n) is 1.16. The van der Waals surface area contributed by atoms with Crippen molar-refractivity contribution in [3.05, 3.63) is 29.1 Å². The zero-order chi connectivity index (χ0) is 10.9. The molecule has 0 aromatic carbocycles. The molecule has 3 nitrogen and oxygen atoms in total. The zero-order valence-corrected chi connectivity index (χ0v) is 8.96. The van der Waals surface area contributed by atoms with Crippen LogP contribution in [0.5, 0.6) is 0 Å². The average Bonchev–Trinajstić information content (AvgIpc) is 2.02. The third kappa shape index (κ3) is 2.10. The third-order valence-corrected chi connectivity index (χ3v) is 2.07. The third-order valence-electron chi connectivity index (χ3n) is 2.07. The van der Waals surface area contributed by atoms with Crippen LogP contribution in [0, 0.1) is 6.92 Å². The summed E-state index contributed by atoms with van der Waals surface area (Å²) in [5.41, 5.74) is 1.54. The number of carbonyl (C=O) groups is 1. The second kappa shape index (κ2) is 3.40. The Hall–Kier alpha value is -1.38. The topological polar surface area (TPSA) is 50.2 Å². The van der Waals surface area contributed by atoms with E-state index in [1.165, 1.54) is 0 Å². The molecule has 1 heterocycles. The molecule has 0 atom stereocenters. The van der Waals surface area contributed by atoms with Crippen LogP contribution in [-0.2, 0) is 5.41 Å². The summed E-state index contributed by atoms with van der Waals surface area (Å²) < 4.78 is 0. The summed E-state index contributed by atoms with van der Waals surface area (Å²) in [6.07, 6.45) is 0. The number of carboxylic acids is 1. The number of aryl methyl sites for hydroxylation is 1. The van der Waals surface area contributed by atoms with Crippen molar-refractivity contribution in [1.29, 1.82) is 0 Å². The van der Waals surface area contributed by atoms with E-state index < -0.39 is 5.97 Å². The van der Waals surface area contributed by atoms with Crippen molar-refractivity contribution in [3.8, 4) is 0 Å². The Morgan fingerprint density at radius 1 is 1.36 bits per heavy atom. The first-order valence-corrected chi connectivity index (χ1v) is 4.54. The van der Waals surface area contributed by atoms with Crippen molar-refractivity contribution in [2.45, 2.75) is 33.1 Å². The normalized spacial score (nSPS) is 11.4. The van der Waals surface area contributed by atoms with Crippen LogP contribution in [0.15, 0.2) is 12.1 Å². The summed E-state index contributed by atoms with van der Waals surface area (Å²) in [5, 5.41) is 8.89. The SMILES string of the molecule is Cc1ccc(C(C)(C)C)nc1C(=O)O. The lowest BCUT2D eigenvalue weighted by molar-refractivity contribution is 0.0689. The van der Waals surface area contributed by atoms with Crippen molar-refractivity contribution in [2.75, 3.05) is 0 Å². The number of aromatic nitrogens is 1. The molecule has 0 aliphatic rings. The Morgan fingerprint density at radius 2 is 1.93 bits per heavy atom. The highest BCUT2D eigenvalue weighted by molar-refractivity contribution is 5.87. The molecule has 14 heavy (non-hydrogen) atoms. The van der Waals surface area contributed by atoms with E-state index in [4.69, 9.17) is 5.11 Å². The summed E-state index contributed by atoms with van der Waals surface area (Å²) in [7, 11) is 0. The lowest BCUT2D eigenvalue weighted by atomic mass is 9.91. The monoisotopic (exact) mass is 193 g/mol. The molecule has 0 saturated heterocycles. The first-order chi connectivity index (χ1) is 6.32. The van der Waals surface area contributed by atoms with Crippen LogP contribution in [0.3, 0.4) is 0 Å². The van der Waals surface area contributed by atoms with E-state index in [0.717, 1.165) is 5.69 Å². The molecule has 1 N–H and O–H groups in total. The van der Waals surface area contributed by atoms with Gasteiger partial charge in [-0.25, -0.2) is 9.78 Å². The van der Waals surface area contributed by atoms with Gasteiger partial charge in [0.15, 0.2) is 5.69 Å². The van der Waals surface area contributed by atoms with Crippen LogP contribution in [0.25, 0.3) is 0 Å². The van der Waals surface area contributed by atoms with Gasteiger partial charge in [0.05, 0.1) is 0 Å². The predicted octanol–water partition coefficient (Wildman–Crippen LogP) is 2.39. The molecule has 0 unspecified atom stereocenters. The van der Waals surface area contributed by atoms with Gasteiger partial charge in [-0.15, -0.1) is 0 Å². The maximum absolute atomic E-state index is 10.8. The highest BCUT2D eigenvalue weighted by atomic mass is 16.4. The smallest absolute Gasteiger partial charge is 0.354 e. The average molecular weight is 193 g/mol. The van der Waals surface area contributed by atoms with Crippen molar-refractivity contribution >= 4 is 5.97 Å². The molecular weight excluding hydrogens is 178 g/mol. The molecule has 0 aliphatic carbocycles. The van der Waals surface area contributed by atoms with E-state index in [9.17, 15) is 4.79 Å². The Labute approximate surface area is 83.8 Å². The number of pyridine rings is 1. The number of rotatable bonds is 1. The molecule has 0 aliphatic heterocycles. The number of aromatic carboxylic acids is 1. The van der Waals surface area contributed by atoms with Gasteiger partial charge in [-0.05, 0) is 18.6 Å². The van der Waals surface area contributed by atoms with Gasteiger partial charge >= 0.3 is 5.97 Å². The van der Waals surface area contributed by atoms with Gasteiger partial charge in [0.2, 0.25) is 0 Å². The van der Waals surface area contributed by atoms with Gasteiger partial charge in [0.25, 0.3) is 0 Å². The van der Waals surface area contributed by atoms with Crippen LogP contribution in [0.2, 0.25) is 0 Å². The summed E-state index contributed by atoms with van der Waals surface area (Å²) >= 11 is 0. The molecule has 0 spiro atoms. The fraction of sp³-hybridized carbons (Fsp3) is 0.455. The van der Waals surface area contributed by atoms with Crippen molar-refractivity contribution in [2.24, 2.45) is 0 Å². The van der Waals surface area contributed by atoms with Crippen molar-refractivity contribution < 1.29 is 9.90 Å². The Morgan fingerprint density at radius 3 is 2.36 bits per heavy atom. The van der Waals surface area contributed by atoms with E-state index in [-0.39, 0.29) is 11.1 Å². The molecule has 0 bridgehead atoms. The summed E-state index contributed by atoms with van der Waals surface area (Å²) in [4.78, 5) is 15.0. The fourth-order valence-corrected chi connectivity index (χ4v) is 1.16. The summed E-state index contributed by atoms with van der Waals surface area (Å²) in [5.74, 6) is -0.964. The van der Waals surface area contributed by atoms with Gasteiger partial charge < -0.3 is 5.11 Å². The van der Waals surface area contributed by atoms with Crippen LogP contribution in [0.4, 0.5) is 0 Å². The standard InChI is InChI=1S/C11H15NO2/c1-7-5-6-8(11(2,3)4)12-9(7)10(13)14/h5-6H,1-4H3,(H,13,14). The van der Waals surface area contributed by atoms with Crippen LogP contribution >= 0.6 is 0 Å². The molecular formula is C11H15NO2. The number of hydrogen-bond acceptors (Lipinski definition) is 2. The first kappa shape index (κ1) is 10.7. The van der Waals surface area contributed by atoms with E-state index >= 15 is 0 Å². The van der Waals surface area contributed by atoms with E-state index in [2.05, 4.69) is 4.98 Å². The number of nitrogens with zero attached hydrogens (tertiary/aromatic N) is 1. The minimum absolute atomic E-state index is 0.113. The van der Waals surface area contributed by atoms with Crippen LogP contribution < -0.4 is 0 Å². The highest BCUT2D eigenvalue weighted by Crippen LogP contribution is 2.21. The van der Waals surface area contributed by atoms with Crippen LogP contribution in [0.1, 0.15) is 42.5 Å². The minimum atomic E-state index is -0.964. The van der Waals surface area contributed by atoms with Gasteiger partial charge in [-0.3, -0.25) is 0 Å². The molecule has 3 heteroatoms. The molecule has 0 saturated carbocycles. The van der Waals surface area contributed by atoms with Gasteiger partial charge in [0, 0.05) is 11.1 Å². The van der Waals surface area contributed by atoms with E-state index in [1.54, 1.807) is 13.0 Å².